The molecule has 1 aliphatic rings. The lowest BCUT2D eigenvalue weighted by molar-refractivity contribution is 0.293. The van der Waals surface area contributed by atoms with Gasteiger partial charge in [-0.1, -0.05) is 20.8 Å². The summed E-state index contributed by atoms with van der Waals surface area (Å²) in [7, 11) is 0. The lowest BCUT2D eigenvalue weighted by Gasteiger charge is -2.39. The Balaban J connectivity index is 2.05. The summed E-state index contributed by atoms with van der Waals surface area (Å²) in [6.07, 6.45) is 4.64. The largest absolute Gasteiger partial charge is 0.370 e. The van der Waals surface area contributed by atoms with Crippen molar-refractivity contribution in [3.63, 3.8) is 0 Å². The van der Waals surface area contributed by atoms with Crippen LogP contribution in [-0.4, -0.2) is 24.6 Å². The minimum absolute atomic E-state index is 0.330. The molecule has 0 radical (unpaired) electrons. The van der Waals surface area contributed by atoms with Gasteiger partial charge in [0, 0.05) is 19.1 Å². The molecule has 0 aliphatic carbocycles. The summed E-state index contributed by atoms with van der Waals surface area (Å²) < 4.78 is 0. The summed E-state index contributed by atoms with van der Waals surface area (Å²) in [6, 6.07) is 4.71. The summed E-state index contributed by atoms with van der Waals surface area (Å²) in [5.41, 5.74) is 2.82. The fourth-order valence-electron chi connectivity index (χ4n) is 2.90. The fraction of sp³-hybridized carbons (Fsp3) is 0.688. The molecular weight excluding hydrogens is 234 g/mol. The first-order valence-electron chi connectivity index (χ1n) is 7.46. The van der Waals surface area contributed by atoms with Crippen LogP contribution in [0.4, 0.5) is 5.69 Å². The van der Waals surface area contributed by atoms with Gasteiger partial charge >= 0.3 is 0 Å². The second-order valence-corrected chi connectivity index (χ2v) is 6.41. The second-order valence-electron chi connectivity index (χ2n) is 6.41. The van der Waals surface area contributed by atoms with Crippen LogP contribution in [0.1, 0.15) is 52.3 Å². The van der Waals surface area contributed by atoms with E-state index >= 15 is 0 Å². The predicted molar refractivity (Wildman–Crippen MR) is 81.6 cm³/mol. The van der Waals surface area contributed by atoms with Gasteiger partial charge in [0.15, 0.2) is 0 Å². The van der Waals surface area contributed by atoms with E-state index in [0.717, 1.165) is 25.3 Å². The molecule has 0 saturated carbocycles. The smallest absolute Gasteiger partial charge is 0.0572 e. The molecular formula is C16H27N3. The van der Waals surface area contributed by atoms with Crippen molar-refractivity contribution in [3.8, 4) is 0 Å². The summed E-state index contributed by atoms with van der Waals surface area (Å²) in [4.78, 5) is 7.09. The SMILES string of the molecule is CCNC(C)c1ccc(N2CCCC(C)(C)C2)cn1. The minimum Gasteiger partial charge on any atom is -0.370 e. The lowest BCUT2D eigenvalue weighted by atomic mass is 9.84. The molecule has 3 heteroatoms. The highest BCUT2D eigenvalue weighted by atomic mass is 15.1. The minimum atomic E-state index is 0.330. The average molecular weight is 261 g/mol. The molecule has 19 heavy (non-hydrogen) atoms. The Kier molecular flexibility index (Phi) is 4.46. The van der Waals surface area contributed by atoms with Gasteiger partial charge in [-0.05, 0) is 43.9 Å². The third-order valence-electron chi connectivity index (χ3n) is 3.99. The molecule has 106 valence electrons. The first-order valence-corrected chi connectivity index (χ1v) is 7.46. The van der Waals surface area contributed by atoms with Gasteiger partial charge in [0.25, 0.3) is 0 Å². The van der Waals surface area contributed by atoms with E-state index < -0.39 is 0 Å². The number of rotatable bonds is 4. The Bertz CT molecular complexity index is 397. The van der Waals surface area contributed by atoms with E-state index in [1.165, 1.54) is 18.5 Å². The van der Waals surface area contributed by atoms with Crippen molar-refractivity contribution >= 4 is 5.69 Å². The van der Waals surface area contributed by atoms with E-state index in [2.05, 4.69) is 55.0 Å². The zero-order valence-corrected chi connectivity index (χ0v) is 12.7. The lowest BCUT2D eigenvalue weighted by Crippen LogP contribution is -2.40. The number of anilines is 1. The molecule has 0 bridgehead atoms. The maximum atomic E-state index is 4.62. The number of nitrogens with zero attached hydrogens (tertiary/aromatic N) is 2. The maximum absolute atomic E-state index is 4.62. The van der Waals surface area contributed by atoms with E-state index in [9.17, 15) is 0 Å². The number of nitrogens with one attached hydrogen (secondary N) is 1. The third kappa shape index (κ3) is 3.69. The molecule has 1 N–H and O–H groups in total. The van der Waals surface area contributed by atoms with Gasteiger partial charge in [-0.25, -0.2) is 0 Å². The Labute approximate surface area is 117 Å². The van der Waals surface area contributed by atoms with Crippen LogP contribution in [0, 0.1) is 5.41 Å². The normalized spacial score (nSPS) is 20.3. The van der Waals surface area contributed by atoms with E-state index in [0.29, 0.717) is 11.5 Å². The van der Waals surface area contributed by atoms with E-state index in [1.807, 2.05) is 6.20 Å². The molecule has 1 aliphatic heterocycles. The number of piperidine rings is 1. The molecule has 0 aromatic carbocycles. The highest BCUT2D eigenvalue weighted by molar-refractivity contribution is 5.45. The van der Waals surface area contributed by atoms with Crippen LogP contribution in [-0.2, 0) is 0 Å². The first kappa shape index (κ1) is 14.3. The van der Waals surface area contributed by atoms with Crippen molar-refractivity contribution in [1.29, 1.82) is 0 Å². The molecule has 1 saturated heterocycles. The van der Waals surface area contributed by atoms with Gasteiger partial charge in [-0.15, -0.1) is 0 Å². The molecule has 2 rings (SSSR count). The first-order chi connectivity index (χ1) is 9.02. The molecule has 1 aromatic rings. The van der Waals surface area contributed by atoms with E-state index in [1.54, 1.807) is 0 Å². The summed E-state index contributed by atoms with van der Waals surface area (Å²) in [5, 5.41) is 3.40. The Morgan fingerprint density at radius 2 is 2.21 bits per heavy atom. The van der Waals surface area contributed by atoms with Crippen LogP contribution in [0.25, 0.3) is 0 Å². The van der Waals surface area contributed by atoms with Crippen molar-refractivity contribution in [2.75, 3.05) is 24.5 Å². The van der Waals surface area contributed by atoms with Gasteiger partial charge in [0.2, 0.25) is 0 Å². The molecule has 1 atom stereocenters. The Hall–Kier alpha value is -1.09. The zero-order chi connectivity index (χ0) is 13.9. The number of pyridine rings is 1. The van der Waals surface area contributed by atoms with Gasteiger partial charge < -0.3 is 10.2 Å². The number of hydrogen-bond donors (Lipinski definition) is 1. The monoisotopic (exact) mass is 261 g/mol. The fourth-order valence-corrected chi connectivity index (χ4v) is 2.90. The third-order valence-corrected chi connectivity index (χ3v) is 3.99. The Morgan fingerprint density at radius 1 is 1.42 bits per heavy atom. The summed E-state index contributed by atoms with van der Waals surface area (Å²) >= 11 is 0. The standard InChI is InChI=1S/C16H27N3/c1-5-17-13(2)15-8-7-14(11-18-15)19-10-6-9-16(3,4)12-19/h7-8,11,13,17H,5-6,9-10,12H2,1-4H3. The summed E-state index contributed by atoms with van der Waals surface area (Å²) in [5.74, 6) is 0. The second kappa shape index (κ2) is 5.91. The van der Waals surface area contributed by atoms with Crippen LogP contribution < -0.4 is 10.2 Å². The summed E-state index contributed by atoms with van der Waals surface area (Å²) in [6.45, 7) is 12.3. The number of aromatic nitrogens is 1. The van der Waals surface area contributed by atoms with Crippen LogP contribution in [0.3, 0.4) is 0 Å². The van der Waals surface area contributed by atoms with Gasteiger partial charge in [0.1, 0.15) is 0 Å². The van der Waals surface area contributed by atoms with E-state index in [-0.39, 0.29) is 0 Å². The van der Waals surface area contributed by atoms with Crippen molar-refractivity contribution in [1.82, 2.24) is 10.3 Å². The highest BCUT2D eigenvalue weighted by Crippen LogP contribution is 2.31. The average Bonchev–Trinajstić information content (AvgIpc) is 2.38. The molecule has 1 aromatic heterocycles. The predicted octanol–water partition coefficient (Wildman–Crippen LogP) is 3.38. The topological polar surface area (TPSA) is 28.2 Å². The highest BCUT2D eigenvalue weighted by Gasteiger charge is 2.26. The zero-order valence-electron chi connectivity index (χ0n) is 12.7. The van der Waals surface area contributed by atoms with Crippen LogP contribution in [0.15, 0.2) is 18.3 Å². The van der Waals surface area contributed by atoms with Crippen LogP contribution >= 0.6 is 0 Å². The molecule has 3 nitrogen and oxygen atoms in total. The van der Waals surface area contributed by atoms with Crippen LogP contribution in [0.5, 0.6) is 0 Å². The molecule has 0 amide bonds. The maximum Gasteiger partial charge on any atom is 0.0572 e. The van der Waals surface area contributed by atoms with Crippen molar-refractivity contribution in [2.24, 2.45) is 5.41 Å². The van der Waals surface area contributed by atoms with E-state index in [4.69, 9.17) is 0 Å². The Morgan fingerprint density at radius 3 is 2.79 bits per heavy atom. The molecule has 0 spiro atoms. The van der Waals surface area contributed by atoms with Crippen molar-refractivity contribution in [2.45, 2.75) is 46.6 Å². The quantitative estimate of drug-likeness (QED) is 0.900. The van der Waals surface area contributed by atoms with Gasteiger partial charge in [0.05, 0.1) is 17.6 Å². The number of hydrogen-bond acceptors (Lipinski definition) is 3. The molecule has 2 heterocycles. The van der Waals surface area contributed by atoms with Crippen molar-refractivity contribution < 1.29 is 0 Å². The molecule has 1 unspecified atom stereocenters. The van der Waals surface area contributed by atoms with Gasteiger partial charge in [-0.3, -0.25) is 4.98 Å². The molecule has 1 fully saturated rings. The van der Waals surface area contributed by atoms with Crippen molar-refractivity contribution in [3.05, 3.63) is 24.0 Å². The van der Waals surface area contributed by atoms with Crippen LogP contribution in [0.2, 0.25) is 0 Å². The van der Waals surface area contributed by atoms with Gasteiger partial charge in [-0.2, -0.15) is 0 Å².